The molecule has 1 aliphatic heterocycles. The Hall–Kier alpha value is -3.45. The quantitative estimate of drug-likeness (QED) is 0.414. The summed E-state index contributed by atoms with van der Waals surface area (Å²) in [5.41, 5.74) is 2.17. The van der Waals surface area contributed by atoms with Crippen molar-refractivity contribution in [2.45, 2.75) is 12.5 Å². The summed E-state index contributed by atoms with van der Waals surface area (Å²) in [7, 11) is 0. The highest BCUT2D eigenvalue weighted by atomic mass is 32.1. The molecule has 8 nitrogen and oxygen atoms in total. The minimum Gasteiger partial charge on any atom is -0.378 e. The molecule has 1 aliphatic rings. The zero-order valence-corrected chi connectivity index (χ0v) is 18.3. The van der Waals surface area contributed by atoms with Crippen LogP contribution in [0.2, 0.25) is 0 Å². The standard InChI is InChI=1S/C23H22N6O2S/c1-23(30,22-25-8-13-32-22)6-4-16-2-3-19(29-9-11-31-12-10-29)18(14-16)28-21-17-5-7-24-20(17)26-15-27-21/h2-3,5,7-8,13-15,30H,9-12H2,1H3,(H2,24,26,27,28)/t23-/m1/s1. The van der Waals surface area contributed by atoms with Gasteiger partial charge in [-0.15, -0.1) is 11.3 Å². The summed E-state index contributed by atoms with van der Waals surface area (Å²) in [6, 6.07) is 7.94. The van der Waals surface area contributed by atoms with E-state index in [9.17, 15) is 5.11 Å². The Morgan fingerprint density at radius 3 is 2.91 bits per heavy atom. The van der Waals surface area contributed by atoms with Crippen LogP contribution >= 0.6 is 11.3 Å². The van der Waals surface area contributed by atoms with Gasteiger partial charge >= 0.3 is 0 Å². The van der Waals surface area contributed by atoms with E-state index in [-0.39, 0.29) is 0 Å². The van der Waals surface area contributed by atoms with Gasteiger partial charge in [-0.1, -0.05) is 11.8 Å². The number of thiazole rings is 1. The molecular formula is C23H22N6O2S. The number of benzene rings is 1. The molecule has 0 aliphatic carbocycles. The lowest BCUT2D eigenvalue weighted by atomic mass is 10.1. The van der Waals surface area contributed by atoms with Crippen molar-refractivity contribution in [1.29, 1.82) is 0 Å². The fourth-order valence-electron chi connectivity index (χ4n) is 3.60. The molecule has 3 aromatic heterocycles. The van der Waals surface area contributed by atoms with Crippen molar-refractivity contribution in [3.63, 3.8) is 0 Å². The lowest BCUT2D eigenvalue weighted by molar-refractivity contribution is 0.121. The van der Waals surface area contributed by atoms with E-state index in [1.54, 1.807) is 13.1 Å². The number of aromatic amines is 1. The number of morpholine rings is 1. The average molecular weight is 447 g/mol. The molecule has 9 heteroatoms. The van der Waals surface area contributed by atoms with Gasteiger partial charge in [0.05, 0.1) is 30.0 Å². The SMILES string of the molecule is C[C@@](O)(C#Cc1ccc(N2CCOCC2)c(Nc2ncnc3[nH]ccc23)c1)c1nccs1. The summed E-state index contributed by atoms with van der Waals surface area (Å²) in [4.78, 5) is 18.3. The lowest BCUT2D eigenvalue weighted by Gasteiger charge is -2.30. The Balaban J connectivity index is 1.52. The van der Waals surface area contributed by atoms with Crippen molar-refractivity contribution >= 4 is 39.6 Å². The smallest absolute Gasteiger partial charge is 0.174 e. The number of ether oxygens (including phenoxy) is 1. The van der Waals surface area contributed by atoms with Crippen molar-refractivity contribution in [3.8, 4) is 11.8 Å². The minimum absolute atomic E-state index is 0.573. The number of anilines is 3. The molecule has 1 aromatic carbocycles. The molecule has 1 saturated heterocycles. The van der Waals surface area contributed by atoms with Crippen LogP contribution in [0.5, 0.6) is 0 Å². The number of nitrogens with one attached hydrogen (secondary N) is 2. The maximum atomic E-state index is 10.7. The Labute approximate surface area is 189 Å². The predicted octanol–water partition coefficient (Wildman–Crippen LogP) is 3.25. The summed E-state index contributed by atoms with van der Waals surface area (Å²) in [6.45, 7) is 4.65. The van der Waals surface area contributed by atoms with Gasteiger partial charge in [-0.05, 0) is 31.2 Å². The minimum atomic E-state index is -1.31. The van der Waals surface area contributed by atoms with E-state index in [0.29, 0.717) is 24.0 Å². The summed E-state index contributed by atoms with van der Waals surface area (Å²) in [5, 5.41) is 17.5. The van der Waals surface area contributed by atoms with Gasteiger partial charge in [0, 0.05) is 36.4 Å². The highest BCUT2D eigenvalue weighted by Crippen LogP contribution is 2.32. The third-order valence-corrected chi connectivity index (χ3v) is 6.24. The topological polar surface area (TPSA) is 99.2 Å². The highest BCUT2D eigenvalue weighted by Gasteiger charge is 2.23. The monoisotopic (exact) mass is 446 g/mol. The van der Waals surface area contributed by atoms with Crippen LogP contribution in [0.15, 0.2) is 48.4 Å². The second-order valence-corrected chi connectivity index (χ2v) is 8.47. The van der Waals surface area contributed by atoms with Crippen molar-refractivity contribution < 1.29 is 9.84 Å². The Morgan fingerprint density at radius 1 is 1.22 bits per heavy atom. The van der Waals surface area contributed by atoms with E-state index in [2.05, 4.69) is 42.0 Å². The van der Waals surface area contributed by atoms with E-state index < -0.39 is 5.60 Å². The van der Waals surface area contributed by atoms with Crippen LogP contribution < -0.4 is 10.2 Å². The third-order valence-electron chi connectivity index (χ3n) is 5.25. The molecule has 5 rings (SSSR count). The molecule has 4 aromatic rings. The molecule has 1 fully saturated rings. The number of H-pyrrole nitrogens is 1. The van der Waals surface area contributed by atoms with Gasteiger partial charge < -0.3 is 25.0 Å². The first-order valence-electron chi connectivity index (χ1n) is 10.3. The van der Waals surface area contributed by atoms with Gasteiger partial charge in [0.2, 0.25) is 0 Å². The van der Waals surface area contributed by atoms with Crippen LogP contribution in [0.25, 0.3) is 11.0 Å². The lowest BCUT2D eigenvalue weighted by Crippen LogP contribution is -2.36. The van der Waals surface area contributed by atoms with Gasteiger partial charge in [0.1, 0.15) is 22.8 Å². The summed E-state index contributed by atoms with van der Waals surface area (Å²) in [6.07, 6.45) is 5.04. The fraction of sp³-hybridized carbons (Fsp3) is 0.261. The molecule has 1 atom stereocenters. The number of rotatable bonds is 4. The second kappa shape index (κ2) is 8.59. The Morgan fingerprint density at radius 2 is 2.09 bits per heavy atom. The Bertz CT molecular complexity index is 1280. The maximum Gasteiger partial charge on any atom is 0.174 e. The average Bonchev–Trinajstić information content (AvgIpc) is 3.52. The van der Waals surface area contributed by atoms with Gasteiger partial charge in [-0.3, -0.25) is 0 Å². The van der Waals surface area contributed by atoms with E-state index >= 15 is 0 Å². The van der Waals surface area contributed by atoms with Crippen molar-refractivity contribution in [3.05, 3.63) is 58.9 Å². The van der Waals surface area contributed by atoms with E-state index in [1.165, 1.54) is 17.7 Å². The molecule has 32 heavy (non-hydrogen) atoms. The van der Waals surface area contributed by atoms with Crippen LogP contribution in [-0.2, 0) is 10.3 Å². The molecule has 0 unspecified atom stereocenters. The number of aliphatic hydroxyl groups is 1. The first-order chi connectivity index (χ1) is 15.6. The maximum absolute atomic E-state index is 10.7. The molecular weight excluding hydrogens is 424 g/mol. The summed E-state index contributed by atoms with van der Waals surface area (Å²) < 4.78 is 5.52. The molecule has 0 amide bonds. The van der Waals surface area contributed by atoms with Crippen LogP contribution in [0.3, 0.4) is 0 Å². The van der Waals surface area contributed by atoms with Crippen molar-refractivity contribution in [2.24, 2.45) is 0 Å². The van der Waals surface area contributed by atoms with Gasteiger partial charge in [-0.2, -0.15) is 0 Å². The van der Waals surface area contributed by atoms with Crippen LogP contribution in [0, 0.1) is 11.8 Å². The number of nitrogens with zero attached hydrogens (tertiary/aromatic N) is 4. The van der Waals surface area contributed by atoms with E-state index in [4.69, 9.17) is 4.74 Å². The molecule has 0 bridgehead atoms. The van der Waals surface area contributed by atoms with Crippen molar-refractivity contribution in [1.82, 2.24) is 19.9 Å². The Kier molecular flexibility index (Phi) is 5.49. The third kappa shape index (κ3) is 4.16. The first kappa shape index (κ1) is 20.5. The van der Waals surface area contributed by atoms with Crippen LogP contribution in [0.4, 0.5) is 17.2 Å². The summed E-state index contributed by atoms with van der Waals surface area (Å²) in [5.74, 6) is 6.77. The van der Waals surface area contributed by atoms with E-state index in [0.717, 1.165) is 41.1 Å². The van der Waals surface area contributed by atoms with Crippen molar-refractivity contribution in [2.75, 3.05) is 36.5 Å². The normalized spacial score (nSPS) is 15.8. The van der Waals surface area contributed by atoms with Gasteiger partial charge in [0.25, 0.3) is 0 Å². The van der Waals surface area contributed by atoms with Crippen LogP contribution in [-0.4, -0.2) is 51.3 Å². The van der Waals surface area contributed by atoms with Gasteiger partial charge in [0.15, 0.2) is 5.60 Å². The summed E-state index contributed by atoms with van der Waals surface area (Å²) >= 11 is 1.38. The fourth-order valence-corrected chi connectivity index (χ4v) is 4.26. The van der Waals surface area contributed by atoms with E-state index in [1.807, 2.05) is 35.8 Å². The number of hydrogen-bond acceptors (Lipinski definition) is 8. The molecule has 0 saturated carbocycles. The number of aromatic nitrogens is 4. The number of fused-ring (bicyclic) bond motifs is 1. The predicted molar refractivity (Wildman–Crippen MR) is 125 cm³/mol. The molecule has 4 heterocycles. The molecule has 0 radical (unpaired) electrons. The highest BCUT2D eigenvalue weighted by molar-refractivity contribution is 7.09. The second-order valence-electron chi connectivity index (χ2n) is 7.58. The number of hydrogen-bond donors (Lipinski definition) is 3. The zero-order chi connectivity index (χ0) is 22.0. The molecule has 3 N–H and O–H groups in total. The molecule has 0 spiro atoms. The largest absolute Gasteiger partial charge is 0.378 e. The van der Waals surface area contributed by atoms with Gasteiger partial charge in [-0.25, -0.2) is 15.0 Å². The van der Waals surface area contributed by atoms with Crippen LogP contribution in [0.1, 0.15) is 17.5 Å². The zero-order valence-electron chi connectivity index (χ0n) is 17.5. The molecule has 162 valence electrons. The first-order valence-corrected chi connectivity index (χ1v) is 11.2.